The number of halogens is 2. The van der Waals surface area contributed by atoms with Gasteiger partial charge in [0, 0.05) is 28.5 Å². The number of nitrogens with one attached hydrogen (secondary N) is 1. The lowest BCUT2D eigenvalue weighted by Crippen LogP contribution is -2.28. The van der Waals surface area contributed by atoms with Crippen molar-refractivity contribution in [1.82, 2.24) is 10.3 Å². The molecule has 0 amide bonds. The Morgan fingerprint density at radius 1 is 1.10 bits per heavy atom. The minimum Gasteiger partial charge on any atom is -0.317 e. The van der Waals surface area contributed by atoms with Crippen LogP contribution in [0.25, 0.3) is 0 Å². The number of hydrogen-bond acceptors (Lipinski definition) is 2. The molecule has 0 aliphatic heterocycles. The third-order valence-corrected chi connectivity index (χ3v) is 4.16. The van der Waals surface area contributed by atoms with E-state index in [-0.39, 0.29) is 0 Å². The van der Waals surface area contributed by atoms with Gasteiger partial charge in [-0.2, -0.15) is 0 Å². The molecule has 20 heavy (non-hydrogen) atoms. The van der Waals surface area contributed by atoms with Gasteiger partial charge < -0.3 is 5.32 Å². The van der Waals surface area contributed by atoms with Crippen molar-refractivity contribution in [2.24, 2.45) is 0 Å². The second-order valence-corrected chi connectivity index (χ2v) is 5.60. The molecule has 106 valence electrons. The van der Waals surface area contributed by atoms with Gasteiger partial charge in [-0.3, -0.25) is 4.98 Å². The van der Waals surface area contributed by atoms with Crippen LogP contribution in [-0.4, -0.2) is 18.1 Å². The summed E-state index contributed by atoms with van der Waals surface area (Å²) in [5, 5.41) is 4.82. The number of rotatable bonds is 6. The number of aromatic nitrogens is 1. The Morgan fingerprint density at radius 2 is 1.75 bits per heavy atom. The third-order valence-electron chi connectivity index (χ3n) is 3.45. The van der Waals surface area contributed by atoms with E-state index >= 15 is 0 Å². The van der Waals surface area contributed by atoms with Gasteiger partial charge in [-0.1, -0.05) is 29.3 Å². The Balaban J connectivity index is 1.99. The van der Waals surface area contributed by atoms with E-state index in [0.717, 1.165) is 34.9 Å². The van der Waals surface area contributed by atoms with Crippen LogP contribution in [0.15, 0.2) is 42.7 Å². The van der Waals surface area contributed by atoms with E-state index in [1.165, 1.54) is 5.56 Å². The van der Waals surface area contributed by atoms with Crippen LogP contribution in [0.4, 0.5) is 0 Å². The molecule has 0 saturated heterocycles. The first-order chi connectivity index (χ1) is 9.70. The molecule has 0 aliphatic rings. The van der Waals surface area contributed by atoms with Gasteiger partial charge >= 0.3 is 0 Å². The summed E-state index contributed by atoms with van der Waals surface area (Å²) in [5.41, 5.74) is 2.32. The van der Waals surface area contributed by atoms with Crippen molar-refractivity contribution in [2.75, 3.05) is 7.05 Å². The fourth-order valence-electron chi connectivity index (χ4n) is 2.21. The SMILES string of the molecule is CNC(CCc1ccncc1)Cc1c(Cl)cccc1Cl. The Kier molecular flexibility index (Phi) is 5.84. The van der Waals surface area contributed by atoms with E-state index in [4.69, 9.17) is 23.2 Å². The summed E-state index contributed by atoms with van der Waals surface area (Å²) >= 11 is 12.5. The number of hydrogen-bond donors (Lipinski definition) is 1. The molecule has 1 aromatic heterocycles. The third kappa shape index (κ3) is 4.20. The molecular formula is C16H18Cl2N2. The van der Waals surface area contributed by atoms with Crippen LogP contribution in [0.1, 0.15) is 17.5 Å². The Hall–Kier alpha value is -1.09. The molecule has 2 nitrogen and oxygen atoms in total. The number of likely N-dealkylation sites (N-methyl/N-ethyl adjacent to an activating group) is 1. The van der Waals surface area contributed by atoms with Crippen molar-refractivity contribution in [3.05, 3.63) is 63.9 Å². The van der Waals surface area contributed by atoms with E-state index in [9.17, 15) is 0 Å². The standard InChI is InChI=1S/C16H18Cl2N2/c1-19-13(6-5-12-7-9-20-10-8-12)11-14-15(17)3-2-4-16(14)18/h2-4,7-10,13,19H,5-6,11H2,1H3. The van der Waals surface area contributed by atoms with Gasteiger partial charge in [-0.05, 0) is 61.7 Å². The average Bonchev–Trinajstić information content (AvgIpc) is 2.47. The second-order valence-electron chi connectivity index (χ2n) is 4.78. The van der Waals surface area contributed by atoms with E-state index < -0.39 is 0 Å². The first-order valence-corrected chi connectivity index (χ1v) is 7.45. The molecule has 1 unspecified atom stereocenters. The highest BCUT2D eigenvalue weighted by molar-refractivity contribution is 6.36. The maximum atomic E-state index is 6.23. The van der Waals surface area contributed by atoms with Crippen molar-refractivity contribution < 1.29 is 0 Å². The van der Waals surface area contributed by atoms with Gasteiger partial charge in [0.25, 0.3) is 0 Å². The molecule has 1 N–H and O–H groups in total. The van der Waals surface area contributed by atoms with Crippen LogP contribution in [0, 0.1) is 0 Å². The second kappa shape index (κ2) is 7.63. The summed E-state index contributed by atoms with van der Waals surface area (Å²) < 4.78 is 0. The van der Waals surface area contributed by atoms with Gasteiger partial charge in [0.2, 0.25) is 0 Å². The molecule has 1 heterocycles. The molecule has 4 heteroatoms. The molecule has 1 aromatic carbocycles. The van der Waals surface area contributed by atoms with Crippen molar-refractivity contribution in [3.8, 4) is 0 Å². The van der Waals surface area contributed by atoms with E-state index in [0.29, 0.717) is 6.04 Å². The molecule has 1 atom stereocenters. The van der Waals surface area contributed by atoms with Gasteiger partial charge in [0.1, 0.15) is 0 Å². The summed E-state index contributed by atoms with van der Waals surface area (Å²) in [6.45, 7) is 0. The predicted octanol–water partition coefficient (Wildman–Crippen LogP) is 4.15. The minimum atomic E-state index is 0.348. The van der Waals surface area contributed by atoms with Crippen LogP contribution in [0.2, 0.25) is 10.0 Å². The summed E-state index contributed by atoms with van der Waals surface area (Å²) in [5.74, 6) is 0. The molecule has 0 radical (unpaired) electrons. The number of aryl methyl sites for hydroxylation is 1. The lowest BCUT2D eigenvalue weighted by molar-refractivity contribution is 0.520. The Bertz CT molecular complexity index is 523. The summed E-state index contributed by atoms with van der Waals surface area (Å²) in [4.78, 5) is 4.03. The monoisotopic (exact) mass is 308 g/mol. The zero-order chi connectivity index (χ0) is 14.4. The smallest absolute Gasteiger partial charge is 0.0453 e. The highest BCUT2D eigenvalue weighted by Crippen LogP contribution is 2.26. The zero-order valence-corrected chi connectivity index (χ0v) is 13.0. The molecule has 0 aliphatic carbocycles. The minimum absolute atomic E-state index is 0.348. The highest BCUT2D eigenvalue weighted by atomic mass is 35.5. The predicted molar refractivity (Wildman–Crippen MR) is 85.6 cm³/mol. The van der Waals surface area contributed by atoms with Crippen LogP contribution < -0.4 is 5.32 Å². The van der Waals surface area contributed by atoms with Crippen molar-refractivity contribution in [3.63, 3.8) is 0 Å². The molecule has 0 spiro atoms. The van der Waals surface area contributed by atoms with E-state index in [1.807, 2.05) is 37.6 Å². The van der Waals surface area contributed by atoms with Gasteiger partial charge in [-0.25, -0.2) is 0 Å². The maximum Gasteiger partial charge on any atom is 0.0453 e. The lowest BCUT2D eigenvalue weighted by atomic mass is 9.99. The Labute approximate surface area is 130 Å². The summed E-state index contributed by atoms with van der Waals surface area (Å²) in [6, 6.07) is 10.1. The average molecular weight is 309 g/mol. The van der Waals surface area contributed by atoms with Crippen LogP contribution >= 0.6 is 23.2 Å². The fraction of sp³-hybridized carbons (Fsp3) is 0.312. The fourth-order valence-corrected chi connectivity index (χ4v) is 2.76. The topological polar surface area (TPSA) is 24.9 Å². The number of pyridine rings is 1. The first-order valence-electron chi connectivity index (χ1n) is 6.69. The van der Waals surface area contributed by atoms with Gasteiger partial charge in [-0.15, -0.1) is 0 Å². The summed E-state index contributed by atoms with van der Waals surface area (Å²) in [7, 11) is 1.97. The highest BCUT2D eigenvalue weighted by Gasteiger charge is 2.12. The van der Waals surface area contributed by atoms with E-state index in [2.05, 4.69) is 22.4 Å². The van der Waals surface area contributed by atoms with Crippen molar-refractivity contribution in [1.29, 1.82) is 0 Å². The number of benzene rings is 1. The molecule has 2 aromatic rings. The maximum absolute atomic E-state index is 6.23. The normalized spacial score (nSPS) is 12.3. The van der Waals surface area contributed by atoms with E-state index in [1.54, 1.807) is 0 Å². The van der Waals surface area contributed by atoms with Crippen molar-refractivity contribution in [2.45, 2.75) is 25.3 Å². The van der Waals surface area contributed by atoms with Crippen LogP contribution in [0.5, 0.6) is 0 Å². The Morgan fingerprint density at radius 3 is 2.35 bits per heavy atom. The molecule has 0 bridgehead atoms. The molecule has 2 rings (SSSR count). The zero-order valence-electron chi connectivity index (χ0n) is 11.4. The molecule has 0 fully saturated rings. The van der Waals surface area contributed by atoms with Crippen LogP contribution in [-0.2, 0) is 12.8 Å². The first kappa shape index (κ1) is 15.3. The van der Waals surface area contributed by atoms with Gasteiger partial charge in [0.15, 0.2) is 0 Å². The largest absolute Gasteiger partial charge is 0.317 e. The molecular weight excluding hydrogens is 291 g/mol. The molecule has 0 saturated carbocycles. The number of nitrogens with zero attached hydrogens (tertiary/aromatic N) is 1. The van der Waals surface area contributed by atoms with Crippen LogP contribution in [0.3, 0.4) is 0 Å². The summed E-state index contributed by atoms with van der Waals surface area (Å²) in [6.07, 6.45) is 6.53. The lowest BCUT2D eigenvalue weighted by Gasteiger charge is -2.18. The van der Waals surface area contributed by atoms with Gasteiger partial charge in [0.05, 0.1) is 0 Å². The van der Waals surface area contributed by atoms with Crippen molar-refractivity contribution >= 4 is 23.2 Å². The quantitative estimate of drug-likeness (QED) is 0.867.